The van der Waals surface area contributed by atoms with Crippen molar-refractivity contribution in [1.29, 1.82) is 0 Å². The minimum Gasteiger partial charge on any atom is -0.469 e. The lowest BCUT2D eigenvalue weighted by Crippen LogP contribution is -2.21. The van der Waals surface area contributed by atoms with Crippen LogP contribution in [0.3, 0.4) is 0 Å². The fourth-order valence-corrected chi connectivity index (χ4v) is 2.32. The van der Waals surface area contributed by atoms with Crippen LogP contribution in [0.4, 0.5) is 0 Å². The van der Waals surface area contributed by atoms with Crippen LogP contribution < -0.4 is 0 Å². The van der Waals surface area contributed by atoms with Crippen molar-refractivity contribution < 1.29 is 9.53 Å². The van der Waals surface area contributed by atoms with Crippen LogP contribution in [-0.4, -0.2) is 13.1 Å². The maximum Gasteiger partial charge on any atom is 0.308 e. The fourth-order valence-electron chi connectivity index (χ4n) is 2.32. The summed E-state index contributed by atoms with van der Waals surface area (Å²) in [5.74, 6) is 0.151. The maximum atomic E-state index is 11.7. The van der Waals surface area contributed by atoms with Gasteiger partial charge in [0.1, 0.15) is 0 Å². The monoisotopic (exact) mass is 280 g/mol. The van der Waals surface area contributed by atoms with Crippen LogP contribution in [0.2, 0.25) is 0 Å². The van der Waals surface area contributed by atoms with Crippen molar-refractivity contribution in [3.63, 3.8) is 0 Å². The van der Waals surface area contributed by atoms with Crippen LogP contribution in [0.5, 0.6) is 0 Å². The Hall–Kier alpha value is -1.05. The van der Waals surface area contributed by atoms with Gasteiger partial charge in [-0.25, -0.2) is 0 Å². The number of allylic oxidation sites excluding steroid dienone is 4. The summed E-state index contributed by atoms with van der Waals surface area (Å²) in [4.78, 5) is 11.7. The number of methoxy groups -OCH3 is 1. The quantitative estimate of drug-likeness (QED) is 0.423. The highest BCUT2D eigenvalue weighted by Gasteiger charge is 2.22. The van der Waals surface area contributed by atoms with E-state index in [1.54, 1.807) is 0 Å². The van der Waals surface area contributed by atoms with Gasteiger partial charge in [-0.2, -0.15) is 0 Å². The number of hydrogen-bond donors (Lipinski definition) is 0. The zero-order valence-corrected chi connectivity index (χ0v) is 14.2. The Morgan fingerprint density at radius 3 is 2.40 bits per heavy atom. The second-order valence-corrected chi connectivity index (χ2v) is 5.95. The highest BCUT2D eigenvalue weighted by atomic mass is 16.5. The van der Waals surface area contributed by atoms with Gasteiger partial charge in [0, 0.05) is 0 Å². The van der Waals surface area contributed by atoms with E-state index in [1.807, 2.05) is 6.92 Å². The molecule has 0 aliphatic carbocycles. The van der Waals surface area contributed by atoms with Crippen LogP contribution in [0.1, 0.15) is 66.7 Å². The predicted molar refractivity (Wildman–Crippen MR) is 86.6 cm³/mol. The smallest absolute Gasteiger partial charge is 0.308 e. The number of ether oxygens (including phenoxy) is 1. The molecule has 0 spiro atoms. The van der Waals surface area contributed by atoms with E-state index in [2.05, 4.69) is 39.8 Å². The molecule has 0 rings (SSSR count). The molecular formula is C18H32O2. The molecule has 2 atom stereocenters. The first kappa shape index (κ1) is 18.9. The topological polar surface area (TPSA) is 26.3 Å². The molecule has 0 aromatic rings. The van der Waals surface area contributed by atoms with Gasteiger partial charge in [0.05, 0.1) is 13.0 Å². The van der Waals surface area contributed by atoms with Crippen molar-refractivity contribution >= 4 is 5.97 Å². The van der Waals surface area contributed by atoms with Crippen LogP contribution >= 0.6 is 0 Å². The van der Waals surface area contributed by atoms with E-state index in [0.717, 1.165) is 32.1 Å². The summed E-state index contributed by atoms with van der Waals surface area (Å²) < 4.78 is 4.89. The van der Waals surface area contributed by atoms with Gasteiger partial charge in [0.15, 0.2) is 0 Å². The van der Waals surface area contributed by atoms with Gasteiger partial charge in [-0.15, -0.1) is 0 Å². The Bertz CT molecular complexity index is 335. The lowest BCUT2D eigenvalue weighted by molar-refractivity contribution is -0.146. The molecule has 20 heavy (non-hydrogen) atoms. The standard InChI is InChI=1S/C18H32O2/c1-7-8-12-17(16(5)18(19)20-6)13-15(4)11-9-10-14(2)3/h10,13,16-17H,7-9,11-12H2,1-6H3/b15-13+. The van der Waals surface area contributed by atoms with Crippen LogP contribution in [-0.2, 0) is 9.53 Å². The summed E-state index contributed by atoms with van der Waals surface area (Å²) in [6.45, 7) is 10.6. The van der Waals surface area contributed by atoms with Crippen LogP contribution in [0.25, 0.3) is 0 Å². The first-order valence-corrected chi connectivity index (χ1v) is 7.80. The molecule has 2 unspecified atom stereocenters. The van der Waals surface area contributed by atoms with Crippen LogP contribution in [0, 0.1) is 11.8 Å². The van der Waals surface area contributed by atoms with E-state index >= 15 is 0 Å². The molecular weight excluding hydrogens is 248 g/mol. The summed E-state index contributed by atoms with van der Waals surface area (Å²) in [5.41, 5.74) is 2.74. The van der Waals surface area contributed by atoms with Crippen LogP contribution in [0.15, 0.2) is 23.3 Å². The van der Waals surface area contributed by atoms with Crippen molar-refractivity contribution in [2.24, 2.45) is 11.8 Å². The molecule has 2 heteroatoms. The molecule has 116 valence electrons. The lowest BCUT2D eigenvalue weighted by Gasteiger charge is -2.19. The van der Waals surface area contributed by atoms with E-state index in [4.69, 9.17) is 4.74 Å². The number of carbonyl (C=O) groups excluding carboxylic acids is 1. The molecule has 0 bridgehead atoms. The Kier molecular flexibility index (Phi) is 10.1. The summed E-state index contributed by atoms with van der Waals surface area (Å²) in [5, 5.41) is 0. The number of esters is 1. The maximum absolute atomic E-state index is 11.7. The highest BCUT2D eigenvalue weighted by Crippen LogP contribution is 2.24. The molecule has 0 heterocycles. The zero-order valence-electron chi connectivity index (χ0n) is 14.2. The fraction of sp³-hybridized carbons (Fsp3) is 0.722. The molecule has 0 aromatic carbocycles. The Balaban J connectivity index is 4.67. The molecule has 0 N–H and O–H groups in total. The van der Waals surface area contributed by atoms with Crippen molar-refractivity contribution in [3.05, 3.63) is 23.3 Å². The summed E-state index contributed by atoms with van der Waals surface area (Å²) >= 11 is 0. The van der Waals surface area contributed by atoms with E-state index in [-0.39, 0.29) is 11.9 Å². The summed E-state index contributed by atoms with van der Waals surface area (Å²) in [7, 11) is 1.47. The molecule has 0 saturated heterocycles. The lowest BCUT2D eigenvalue weighted by atomic mass is 9.87. The molecule has 0 aliphatic rings. The summed E-state index contributed by atoms with van der Waals surface area (Å²) in [6, 6.07) is 0. The number of hydrogen-bond acceptors (Lipinski definition) is 2. The number of carbonyl (C=O) groups is 1. The second kappa shape index (κ2) is 10.7. The SMILES string of the molecule is CCCCC(/C=C(\C)CCC=C(C)C)C(C)C(=O)OC. The van der Waals surface area contributed by atoms with Gasteiger partial charge in [0.25, 0.3) is 0 Å². The van der Waals surface area contributed by atoms with Crippen molar-refractivity contribution in [2.75, 3.05) is 7.11 Å². The zero-order chi connectivity index (χ0) is 15.5. The third kappa shape index (κ3) is 8.19. The largest absolute Gasteiger partial charge is 0.469 e. The van der Waals surface area contributed by atoms with Crippen molar-refractivity contribution in [3.8, 4) is 0 Å². The Labute approximate surface area is 125 Å². The van der Waals surface area contributed by atoms with Crippen molar-refractivity contribution in [2.45, 2.75) is 66.7 Å². The minimum atomic E-state index is -0.0977. The first-order chi connectivity index (χ1) is 9.42. The second-order valence-electron chi connectivity index (χ2n) is 5.95. The molecule has 0 radical (unpaired) electrons. The van der Waals surface area contributed by atoms with Gasteiger partial charge < -0.3 is 4.74 Å². The van der Waals surface area contributed by atoms with E-state index < -0.39 is 0 Å². The average molecular weight is 280 g/mol. The van der Waals surface area contributed by atoms with E-state index in [1.165, 1.54) is 18.3 Å². The number of unbranched alkanes of at least 4 members (excludes halogenated alkanes) is 1. The molecule has 0 fully saturated rings. The normalized spacial score (nSPS) is 14.6. The van der Waals surface area contributed by atoms with Gasteiger partial charge >= 0.3 is 5.97 Å². The Morgan fingerprint density at radius 1 is 1.25 bits per heavy atom. The molecule has 0 aliphatic heterocycles. The third-order valence-corrected chi connectivity index (χ3v) is 3.70. The first-order valence-electron chi connectivity index (χ1n) is 7.80. The average Bonchev–Trinajstić information content (AvgIpc) is 2.41. The van der Waals surface area contributed by atoms with Gasteiger partial charge in [-0.1, -0.05) is 50.0 Å². The molecule has 0 saturated carbocycles. The highest BCUT2D eigenvalue weighted by molar-refractivity contribution is 5.72. The third-order valence-electron chi connectivity index (χ3n) is 3.70. The molecule has 0 aromatic heterocycles. The summed E-state index contributed by atoms with van der Waals surface area (Å²) in [6.07, 6.45) is 10.1. The Morgan fingerprint density at radius 2 is 1.90 bits per heavy atom. The molecule has 0 amide bonds. The van der Waals surface area contributed by atoms with Gasteiger partial charge in [-0.05, 0) is 46.0 Å². The predicted octanol–water partition coefficient (Wildman–Crippen LogP) is 5.29. The molecule has 2 nitrogen and oxygen atoms in total. The van der Waals surface area contributed by atoms with Gasteiger partial charge in [-0.3, -0.25) is 4.79 Å². The van der Waals surface area contributed by atoms with Gasteiger partial charge in [0.2, 0.25) is 0 Å². The number of rotatable bonds is 9. The van der Waals surface area contributed by atoms with Crippen molar-refractivity contribution in [1.82, 2.24) is 0 Å². The van der Waals surface area contributed by atoms with E-state index in [9.17, 15) is 4.79 Å². The minimum absolute atomic E-state index is 0.0510. The van der Waals surface area contributed by atoms with E-state index in [0.29, 0.717) is 5.92 Å².